The number of rotatable bonds is 6. The Balaban J connectivity index is 1.67. The van der Waals surface area contributed by atoms with Gasteiger partial charge >= 0.3 is 0 Å². The maximum Gasteiger partial charge on any atom is 0.274 e. The minimum absolute atomic E-state index is 0.169. The summed E-state index contributed by atoms with van der Waals surface area (Å²) in [5, 5.41) is 3.00. The van der Waals surface area contributed by atoms with Crippen LogP contribution in [0.25, 0.3) is 0 Å². The second-order valence-corrected chi connectivity index (χ2v) is 7.72. The zero-order valence-electron chi connectivity index (χ0n) is 17.5. The molecule has 5 heteroatoms. The van der Waals surface area contributed by atoms with Gasteiger partial charge in [-0.2, -0.15) is 0 Å². The van der Waals surface area contributed by atoms with E-state index in [0.29, 0.717) is 11.6 Å². The molecule has 28 heavy (non-hydrogen) atoms. The predicted octanol–water partition coefficient (Wildman–Crippen LogP) is 4.72. The Kier molecular flexibility index (Phi) is 6.55. The first-order valence-electron chi connectivity index (χ1n) is 10.4. The summed E-state index contributed by atoms with van der Waals surface area (Å²) in [6.07, 6.45) is 4.33. The maximum atomic E-state index is 12.6. The number of nitrogens with zero attached hydrogens (tertiary/aromatic N) is 3. The molecule has 1 N–H and O–H groups in total. The number of piperidine rings is 1. The molecule has 1 atom stereocenters. The van der Waals surface area contributed by atoms with Crippen LogP contribution in [0.2, 0.25) is 0 Å². The lowest BCUT2D eigenvalue weighted by Gasteiger charge is -2.32. The van der Waals surface area contributed by atoms with E-state index in [-0.39, 0.29) is 5.91 Å². The number of amides is 1. The van der Waals surface area contributed by atoms with Crippen molar-refractivity contribution < 1.29 is 4.79 Å². The van der Waals surface area contributed by atoms with Gasteiger partial charge in [-0.3, -0.25) is 4.79 Å². The normalized spacial score (nSPS) is 16.7. The number of aryl methyl sites for hydroxylation is 1. The third-order valence-corrected chi connectivity index (χ3v) is 5.59. The number of hydrogen-bond donors (Lipinski definition) is 1. The number of carbonyl (C=O) groups excluding carboxylic acids is 1. The molecule has 5 nitrogen and oxygen atoms in total. The fourth-order valence-corrected chi connectivity index (χ4v) is 3.89. The Bertz CT molecular complexity index is 799. The SMILES string of the molecule is CCN(CC)c1ccc(NC(=O)c2ccc(N3CCCC(C)C3)cn2)c(C)c1. The number of aromatic nitrogens is 1. The molecule has 1 fully saturated rings. The van der Waals surface area contributed by atoms with Crippen LogP contribution in [0.5, 0.6) is 0 Å². The molecule has 0 aliphatic carbocycles. The molecule has 1 amide bonds. The molecule has 1 saturated heterocycles. The molecule has 2 heterocycles. The molecule has 150 valence electrons. The lowest BCUT2D eigenvalue weighted by atomic mass is 10.00. The summed E-state index contributed by atoms with van der Waals surface area (Å²) in [7, 11) is 0. The van der Waals surface area contributed by atoms with Crippen molar-refractivity contribution in [3.05, 3.63) is 47.8 Å². The van der Waals surface area contributed by atoms with E-state index in [1.807, 2.05) is 31.3 Å². The van der Waals surface area contributed by atoms with E-state index in [1.54, 1.807) is 0 Å². The zero-order valence-corrected chi connectivity index (χ0v) is 17.5. The second kappa shape index (κ2) is 9.09. The Hall–Kier alpha value is -2.56. The molecule has 1 unspecified atom stereocenters. The van der Waals surface area contributed by atoms with Crippen molar-refractivity contribution in [3.8, 4) is 0 Å². The summed E-state index contributed by atoms with van der Waals surface area (Å²) in [5.41, 5.74) is 4.61. The quantitative estimate of drug-likeness (QED) is 0.787. The first-order valence-corrected chi connectivity index (χ1v) is 10.4. The van der Waals surface area contributed by atoms with Gasteiger partial charge in [0.1, 0.15) is 5.69 Å². The number of nitrogens with one attached hydrogen (secondary N) is 1. The van der Waals surface area contributed by atoms with E-state index in [2.05, 4.69) is 53.0 Å². The van der Waals surface area contributed by atoms with Crippen molar-refractivity contribution in [1.82, 2.24) is 4.98 Å². The average molecular weight is 381 g/mol. The Labute approximate surface area is 168 Å². The van der Waals surface area contributed by atoms with Gasteiger partial charge in [0.05, 0.1) is 11.9 Å². The minimum atomic E-state index is -0.169. The highest BCUT2D eigenvalue weighted by Crippen LogP contribution is 2.24. The Morgan fingerprint density at radius 2 is 2.04 bits per heavy atom. The summed E-state index contributed by atoms with van der Waals surface area (Å²) in [6, 6.07) is 9.99. The molecule has 0 saturated carbocycles. The Morgan fingerprint density at radius 1 is 1.25 bits per heavy atom. The van der Waals surface area contributed by atoms with Crippen molar-refractivity contribution in [2.75, 3.05) is 41.3 Å². The molecule has 0 bridgehead atoms. The van der Waals surface area contributed by atoms with Gasteiger partial charge < -0.3 is 15.1 Å². The monoisotopic (exact) mass is 380 g/mol. The van der Waals surface area contributed by atoms with E-state index in [0.717, 1.165) is 43.1 Å². The summed E-state index contributed by atoms with van der Waals surface area (Å²) in [5.74, 6) is 0.538. The van der Waals surface area contributed by atoms with Crippen LogP contribution in [0.15, 0.2) is 36.5 Å². The Morgan fingerprint density at radius 3 is 2.64 bits per heavy atom. The van der Waals surface area contributed by atoms with Gasteiger partial charge in [-0.15, -0.1) is 0 Å². The van der Waals surface area contributed by atoms with Crippen molar-refractivity contribution in [2.24, 2.45) is 5.92 Å². The molecule has 3 rings (SSSR count). The third kappa shape index (κ3) is 4.64. The molecule has 0 spiro atoms. The predicted molar refractivity (Wildman–Crippen MR) is 118 cm³/mol. The molecule has 0 radical (unpaired) electrons. The zero-order chi connectivity index (χ0) is 20.1. The van der Waals surface area contributed by atoms with Crippen molar-refractivity contribution in [3.63, 3.8) is 0 Å². The number of anilines is 3. The van der Waals surface area contributed by atoms with E-state index in [4.69, 9.17) is 0 Å². The summed E-state index contributed by atoms with van der Waals surface area (Å²) < 4.78 is 0. The van der Waals surface area contributed by atoms with Gasteiger partial charge in [-0.05, 0) is 75.4 Å². The third-order valence-electron chi connectivity index (χ3n) is 5.59. The molecule has 1 aliphatic heterocycles. The molecule has 1 aliphatic rings. The number of pyridine rings is 1. The molecular formula is C23H32N4O. The molecule has 1 aromatic carbocycles. The first-order chi connectivity index (χ1) is 13.5. The van der Waals surface area contributed by atoms with Crippen LogP contribution in [0.3, 0.4) is 0 Å². The fraction of sp³-hybridized carbons (Fsp3) is 0.478. The van der Waals surface area contributed by atoms with Gasteiger partial charge in [0.25, 0.3) is 5.91 Å². The first kappa shape index (κ1) is 20.2. The van der Waals surface area contributed by atoms with E-state index < -0.39 is 0 Å². The largest absolute Gasteiger partial charge is 0.372 e. The van der Waals surface area contributed by atoms with Crippen molar-refractivity contribution in [1.29, 1.82) is 0 Å². The van der Waals surface area contributed by atoms with E-state index >= 15 is 0 Å². The van der Waals surface area contributed by atoms with E-state index in [9.17, 15) is 4.79 Å². The van der Waals surface area contributed by atoms with Crippen LogP contribution in [-0.2, 0) is 0 Å². The van der Waals surface area contributed by atoms with Crippen LogP contribution in [0.1, 0.15) is 49.7 Å². The van der Waals surface area contributed by atoms with Crippen LogP contribution in [0.4, 0.5) is 17.1 Å². The maximum absolute atomic E-state index is 12.6. The number of hydrogen-bond acceptors (Lipinski definition) is 4. The highest BCUT2D eigenvalue weighted by molar-refractivity contribution is 6.03. The van der Waals surface area contributed by atoms with Gasteiger partial charge in [-0.1, -0.05) is 6.92 Å². The highest BCUT2D eigenvalue weighted by atomic mass is 16.1. The number of carbonyl (C=O) groups is 1. The van der Waals surface area contributed by atoms with Gasteiger partial charge in [-0.25, -0.2) is 4.98 Å². The van der Waals surface area contributed by atoms with Crippen LogP contribution < -0.4 is 15.1 Å². The topological polar surface area (TPSA) is 48.5 Å². The van der Waals surface area contributed by atoms with Gasteiger partial charge in [0.15, 0.2) is 0 Å². The van der Waals surface area contributed by atoms with Crippen LogP contribution >= 0.6 is 0 Å². The van der Waals surface area contributed by atoms with Crippen molar-refractivity contribution >= 4 is 23.0 Å². The lowest BCUT2D eigenvalue weighted by Crippen LogP contribution is -2.34. The van der Waals surface area contributed by atoms with Gasteiger partial charge in [0, 0.05) is 37.6 Å². The van der Waals surface area contributed by atoms with Crippen molar-refractivity contribution in [2.45, 2.75) is 40.5 Å². The smallest absolute Gasteiger partial charge is 0.274 e. The number of benzene rings is 1. The lowest BCUT2D eigenvalue weighted by molar-refractivity contribution is 0.102. The summed E-state index contributed by atoms with van der Waals surface area (Å²) in [4.78, 5) is 21.7. The standard InChI is InChI=1S/C23H32N4O/c1-5-26(6-2)19-9-11-21(18(4)14-19)25-23(28)22-12-10-20(15-24-22)27-13-7-8-17(3)16-27/h9-12,14-15,17H,5-8,13,16H2,1-4H3,(H,25,28). The summed E-state index contributed by atoms with van der Waals surface area (Å²) >= 11 is 0. The molecular weight excluding hydrogens is 348 g/mol. The highest BCUT2D eigenvalue weighted by Gasteiger charge is 2.17. The second-order valence-electron chi connectivity index (χ2n) is 7.72. The van der Waals surface area contributed by atoms with Gasteiger partial charge in [0.2, 0.25) is 0 Å². The minimum Gasteiger partial charge on any atom is -0.372 e. The van der Waals surface area contributed by atoms with E-state index in [1.165, 1.54) is 18.5 Å². The van der Waals surface area contributed by atoms with Crippen LogP contribution in [0, 0.1) is 12.8 Å². The molecule has 2 aromatic rings. The summed E-state index contributed by atoms with van der Waals surface area (Å²) in [6.45, 7) is 12.7. The van der Waals surface area contributed by atoms with Crippen LogP contribution in [-0.4, -0.2) is 37.1 Å². The average Bonchev–Trinajstić information content (AvgIpc) is 2.71. The fourth-order valence-electron chi connectivity index (χ4n) is 3.89. The molecule has 1 aromatic heterocycles.